The highest BCUT2D eigenvalue weighted by Crippen LogP contribution is 2.24. The van der Waals surface area contributed by atoms with Gasteiger partial charge >= 0.3 is 5.97 Å². The van der Waals surface area contributed by atoms with E-state index >= 15 is 0 Å². The normalized spacial score (nSPS) is 13.8. The quantitative estimate of drug-likeness (QED) is 0.616. The minimum atomic E-state index is -1.24. The fraction of sp³-hybridized carbons (Fsp3) is 0.0769. The number of amides is 3. The van der Waals surface area contributed by atoms with E-state index in [1.807, 2.05) is 0 Å². The average molecular weight is 274 g/mol. The largest absolute Gasteiger partial charge is 0.478 e. The molecule has 0 radical (unpaired) electrons. The molecule has 0 unspecified atom stereocenters. The number of carboxylic acids is 1. The number of carbonyl (C=O) groups is 4. The fourth-order valence-corrected chi connectivity index (χ4v) is 1.77. The van der Waals surface area contributed by atoms with E-state index in [0.717, 1.165) is 11.0 Å². The Kier molecular flexibility index (Phi) is 3.34. The molecule has 102 valence electrons. The number of imide groups is 1. The van der Waals surface area contributed by atoms with Gasteiger partial charge in [0.1, 0.15) is 0 Å². The molecule has 1 aromatic rings. The van der Waals surface area contributed by atoms with Gasteiger partial charge in [-0.25, -0.2) is 4.79 Å². The van der Waals surface area contributed by atoms with Crippen LogP contribution in [-0.2, 0) is 9.59 Å². The molecule has 3 amide bonds. The topological polar surface area (TPSA) is 104 Å². The maximum atomic E-state index is 11.8. The first-order valence-electron chi connectivity index (χ1n) is 5.58. The Morgan fingerprint density at radius 3 is 2.45 bits per heavy atom. The fourth-order valence-electron chi connectivity index (χ4n) is 1.77. The highest BCUT2D eigenvalue weighted by Gasteiger charge is 2.32. The standard InChI is InChI=1S/C13H10N2O5/c1-15-12(19)8-3-2-7(6-9(8)13(15)20)14-10(16)4-5-11(17)18/h2-6H,1H3,(H,14,16)(H,17,18)/b5-4+. The molecule has 0 spiro atoms. The zero-order valence-corrected chi connectivity index (χ0v) is 10.4. The number of hydrogen-bond donors (Lipinski definition) is 2. The Balaban J connectivity index is 2.21. The number of carboxylic acid groups (broad SMARTS) is 1. The molecule has 0 bridgehead atoms. The van der Waals surface area contributed by atoms with Crippen LogP contribution in [0.2, 0.25) is 0 Å². The molecule has 0 fully saturated rings. The Morgan fingerprint density at radius 1 is 1.15 bits per heavy atom. The summed E-state index contributed by atoms with van der Waals surface area (Å²) in [5, 5.41) is 10.8. The Morgan fingerprint density at radius 2 is 1.80 bits per heavy atom. The van der Waals surface area contributed by atoms with Gasteiger partial charge in [-0.3, -0.25) is 19.3 Å². The van der Waals surface area contributed by atoms with Gasteiger partial charge in [0.15, 0.2) is 0 Å². The van der Waals surface area contributed by atoms with Gasteiger partial charge in [-0.2, -0.15) is 0 Å². The van der Waals surface area contributed by atoms with E-state index in [0.29, 0.717) is 11.8 Å². The molecule has 2 N–H and O–H groups in total. The molecule has 0 aromatic heterocycles. The lowest BCUT2D eigenvalue weighted by molar-refractivity contribution is -0.131. The van der Waals surface area contributed by atoms with Crippen LogP contribution in [0.4, 0.5) is 5.69 Å². The van der Waals surface area contributed by atoms with Crippen molar-refractivity contribution in [3.8, 4) is 0 Å². The van der Waals surface area contributed by atoms with E-state index < -0.39 is 23.7 Å². The predicted molar refractivity (Wildman–Crippen MR) is 68.3 cm³/mol. The van der Waals surface area contributed by atoms with Crippen LogP contribution in [0.25, 0.3) is 0 Å². The number of anilines is 1. The second-order valence-electron chi connectivity index (χ2n) is 4.09. The third kappa shape index (κ3) is 2.41. The van der Waals surface area contributed by atoms with Crippen LogP contribution in [0.5, 0.6) is 0 Å². The van der Waals surface area contributed by atoms with Crippen LogP contribution in [0.3, 0.4) is 0 Å². The summed E-state index contributed by atoms with van der Waals surface area (Å²) in [5.41, 5.74) is 0.786. The van der Waals surface area contributed by atoms with E-state index in [-0.39, 0.29) is 11.1 Å². The first-order valence-corrected chi connectivity index (χ1v) is 5.58. The summed E-state index contributed by atoms with van der Waals surface area (Å²) in [6.45, 7) is 0. The zero-order valence-electron chi connectivity index (χ0n) is 10.4. The lowest BCUT2D eigenvalue weighted by atomic mass is 10.1. The van der Waals surface area contributed by atoms with Crippen molar-refractivity contribution in [2.45, 2.75) is 0 Å². The van der Waals surface area contributed by atoms with Crippen LogP contribution in [0.15, 0.2) is 30.4 Å². The summed E-state index contributed by atoms with van der Waals surface area (Å²) in [5.74, 6) is -2.72. The van der Waals surface area contributed by atoms with Crippen molar-refractivity contribution in [2.75, 3.05) is 12.4 Å². The maximum absolute atomic E-state index is 11.8. The summed E-state index contributed by atoms with van der Waals surface area (Å²) in [4.78, 5) is 46.1. The molecule has 0 saturated heterocycles. The minimum absolute atomic E-state index is 0.206. The van der Waals surface area contributed by atoms with Gasteiger partial charge in [0.25, 0.3) is 11.8 Å². The lowest BCUT2D eigenvalue weighted by Gasteiger charge is -2.03. The Labute approximate surface area is 113 Å². The third-order valence-corrected chi connectivity index (χ3v) is 2.73. The van der Waals surface area contributed by atoms with Gasteiger partial charge in [0.05, 0.1) is 11.1 Å². The van der Waals surface area contributed by atoms with Crippen molar-refractivity contribution in [1.29, 1.82) is 0 Å². The summed E-state index contributed by atoms with van der Waals surface area (Å²) in [6.07, 6.45) is 1.56. The molecule has 1 aromatic carbocycles. The molecule has 0 atom stereocenters. The molecule has 0 aliphatic carbocycles. The van der Waals surface area contributed by atoms with Crippen LogP contribution < -0.4 is 5.32 Å². The lowest BCUT2D eigenvalue weighted by Crippen LogP contribution is -2.24. The van der Waals surface area contributed by atoms with Crippen LogP contribution >= 0.6 is 0 Å². The highest BCUT2D eigenvalue weighted by molar-refractivity contribution is 6.21. The zero-order chi connectivity index (χ0) is 14.9. The van der Waals surface area contributed by atoms with Gasteiger partial charge in [0, 0.05) is 24.9 Å². The Bertz CT molecular complexity index is 663. The van der Waals surface area contributed by atoms with Crippen LogP contribution in [0.1, 0.15) is 20.7 Å². The summed E-state index contributed by atoms with van der Waals surface area (Å²) in [6, 6.07) is 4.29. The number of fused-ring (bicyclic) bond motifs is 1. The second kappa shape index (κ2) is 4.96. The number of aliphatic carboxylic acids is 1. The van der Waals surface area contributed by atoms with Gasteiger partial charge in [-0.05, 0) is 18.2 Å². The number of benzene rings is 1. The number of hydrogen-bond acceptors (Lipinski definition) is 4. The van der Waals surface area contributed by atoms with E-state index in [9.17, 15) is 19.2 Å². The van der Waals surface area contributed by atoms with Crippen molar-refractivity contribution >= 4 is 29.4 Å². The number of carbonyl (C=O) groups excluding carboxylic acids is 3. The molecule has 2 rings (SSSR count). The maximum Gasteiger partial charge on any atom is 0.328 e. The van der Waals surface area contributed by atoms with Crippen LogP contribution in [0, 0.1) is 0 Å². The smallest absolute Gasteiger partial charge is 0.328 e. The van der Waals surface area contributed by atoms with E-state index in [1.165, 1.54) is 25.2 Å². The molecule has 0 saturated carbocycles. The molecule has 7 nitrogen and oxygen atoms in total. The predicted octanol–water partition coefficient (Wildman–Crippen LogP) is 0.492. The number of nitrogens with zero attached hydrogens (tertiary/aromatic N) is 1. The molecule has 1 aliphatic rings. The summed E-state index contributed by atoms with van der Waals surface area (Å²) < 4.78 is 0. The first kappa shape index (κ1) is 13.5. The van der Waals surface area contributed by atoms with E-state index in [4.69, 9.17) is 5.11 Å². The van der Waals surface area contributed by atoms with Crippen molar-refractivity contribution in [1.82, 2.24) is 4.90 Å². The summed E-state index contributed by atoms with van der Waals surface area (Å²) in [7, 11) is 1.37. The van der Waals surface area contributed by atoms with Crippen LogP contribution in [-0.4, -0.2) is 40.7 Å². The second-order valence-corrected chi connectivity index (χ2v) is 4.09. The molecular weight excluding hydrogens is 264 g/mol. The van der Waals surface area contributed by atoms with E-state index in [1.54, 1.807) is 0 Å². The minimum Gasteiger partial charge on any atom is -0.478 e. The first-order chi connectivity index (χ1) is 9.40. The highest BCUT2D eigenvalue weighted by atomic mass is 16.4. The average Bonchev–Trinajstić information content (AvgIpc) is 2.62. The van der Waals surface area contributed by atoms with Crippen molar-refractivity contribution < 1.29 is 24.3 Å². The molecule has 20 heavy (non-hydrogen) atoms. The van der Waals surface area contributed by atoms with Gasteiger partial charge in [-0.15, -0.1) is 0 Å². The van der Waals surface area contributed by atoms with Crippen molar-refractivity contribution in [3.63, 3.8) is 0 Å². The van der Waals surface area contributed by atoms with Gasteiger partial charge in [-0.1, -0.05) is 0 Å². The van der Waals surface area contributed by atoms with Gasteiger partial charge < -0.3 is 10.4 Å². The molecular formula is C13H10N2O5. The third-order valence-electron chi connectivity index (χ3n) is 2.73. The molecule has 7 heteroatoms. The molecule has 1 heterocycles. The van der Waals surface area contributed by atoms with E-state index in [2.05, 4.69) is 5.32 Å². The SMILES string of the molecule is CN1C(=O)c2ccc(NC(=O)/C=C/C(=O)O)cc2C1=O. The van der Waals surface area contributed by atoms with Crippen molar-refractivity contribution in [3.05, 3.63) is 41.5 Å². The van der Waals surface area contributed by atoms with Crippen molar-refractivity contribution in [2.24, 2.45) is 0 Å². The monoisotopic (exact) mass is 274 g/mol. The van der Waals surface area contributed by atoms with Gasteiger partial charge in [0.2, 0.25) is 5.91 Å². The molecule has 1 aliphatic heterocycles. The Hall–Kier alpha value is -2.96. The summed E-state index contributed by atoms with van der Waals surface area (Å²) >= 11 is 0. The number of nitrogens with one attached hydrogen (secondary N) is 1. The number of rotatable bonds is 3.